The lowest BCUT2D eigenvalue weighted by Gasteiger charge is -2.11. The third-order valence-electron chi connectivity index (χ3n) is 2.47. The van der Waals surface area contributed by atoms with E-state index in [1.807, 2.05) is 0 Å². The fourth-order valence-corrected chi connectivity index (χ4v) is 1.79. The normalized spacial score (nSPS) is 10.2. The number of halogens is 3. The van der Waals surface area contributed by atoms with E-state index in [9.17, 15) is 13.6 Å². The summed E-state index contributed by atoms with van der Waals surface area (Å²) in [4.78, 5) is 15.8. The summed E-state index contributed by atoms with van der Waals surface area (Å²) in [6.45, 7) is 0. The van der Waals surface area contributed by atoms with Crippen molar-refractivity contribution >= 4 is 28.9 Å². The second-order valence-electron chi connectivity index (χ2n) is 3.76. The maximum Gasteiger partial charge on any atom is 0.258 e. The Morgan fingerprint density at radius 2 is 2.10 bits per heavy atom. The summed E-state index contributed by atoms with van der Waals surface area (Å²) in [6, 6.07) is 2.91. The summed E-state index contributed by atoms with van der Waals surface area (Å²) in [5.74, 6) is 2.78. The molecule has 0 fully saturated rings. The number of nitrogen functional groups attached to an aromatic ring is 1. The molecule has 0 aliphatic heterocycles. The molecule has 20 heavy (non-hydrogen) atoms. The fourth-order valence-electron chi connectivity index (χ4n) is 1.55. The molecular weight excluding hydrogens is 290 g/mol. The number of amides is 1. The van der Waals surface area contributed by atoms with Gasteiger partial charge < -0.3 is 10.7 Å². The molecule has 2 aromatic rings. The molecule has 0 unspecified atom stereocenters. The number of pyridine rings is 1. The van der Waals surface area contributed by atoms with Crippen molar-refractivity contribution in [1.82, 2.24) is 4.98 Å². The number of rotatable bonds is 3. The molecule has 2 rings (SSSR count). The first-order valence-corrected chi connectivity index (χ1v) is 5.77. The Kier molecular flexibility index (Phi) is 4.11. The van der Waals surface area contributed by atoms with Gasteiger partial charge in [0.15, 0.2) is 5.82 Å². The molecule has 8 heteroatoms. The van der Waals surface area contributed by atoms with E-state index in [-0.39, 0.29) is 22.0 Å². The smallest absolute Gasteiger partial charge is 0.258 e. The number of hydrogen-bond donors (Lipinski definition) is 3. The highest BCUT2D eigenvalue weighted by Gasteiger charge is 2.16. The van der Waals surface area contributed by atoms with Crippen LogP contribution in [0.4, 0.5) is 20.2 Å². The minimum atomic E-state index is -0.973. The molecule has 1 aromatic carbocycles. The van der Waals surface area contributed by atoms with Gasteiger partial charge >= 0.3 is 0 Å². The zero-order valence-corrected chi connectivity index (χ0v) is 10.7. The lowest BCUT2D eigenvalue weighted by molar-refractivity contribution is 0.102. The van der Waals surface area contributed by atoms with Crippen LogP contribution in [0.25, 0.3) is 0 Å². The number of carbonyl (C=O) groups excluding carboxylic acids is 1. The molecule has 0 aliphatic rings. The summed E-state index contributed by atoms with van der Waals surface area (Å²) in [7, 11) is 0. The first-order valence-electron chi connectivity index (χ1n) is 5.39. The number of aromatic nitrogens is 1. The number of hydrogen-bond acceptors (Lipinski definition) is 4. The summed E-state index contributed by atoms with van der Waals surface area (Å²) in [6.07, 6.45) is 2.70. The third kappa shape index (κ3) is 2.84. The predicted octanol–water partition coefficient (Wildman–Crippen LogP) is 2.55. The van der Waals surface area contributed by atoms with E-state index in [0.29, 0.717) is 6.07 Å². The molecule has 1 amide bonds. The van der Waals surface area contributed by atoms with Gasteiger partial charge in [0.25, 0.3) is 5.91 Å². The van der Waals surface area contributed by atoms with Crippen LogP contribution in [-0.4, -0.2) is 10.9 Å². The van der Waals surface area contributed by atoms with Crippen molar-refractivity contribution in [2.45, 2.75) is 0 Å². The highest BCUT2D eigenvalue weighted by atomic mass is 35.5. The first-order chi connectivity index (χ1) is 9.52. The lowest BCUT2D eigenvalue weighted by atomic mass is 10.2. The van der Waals surface area contributed by atoms with Gasteiger partial charge in [-0.25, -0.2) is 8.78 Å². The van der Waals surface area contributed by atoms with Gasteiger partial charge in [-0.3, -0.25) is 15.6 Å². The van der Waals surface area contributed by atoms with Crippen LogP contribution in [0.5, 0.6) is 0 Å². The first kappa shape index (κ1) is 14.2. The number of benzene rings is 1. The highest BCUT2D eigenvalue weighted by Crippen LogP contribution is 2.27. The molecule has 104 valence electrons. The lowest BCUT2D eigenvalue weighted by Crippen LogP contribution is -2.18. The van der Waals surface area contributed by atoms with Crippen molar-refractivity contribution < 1.29 is 13.6 Å². The van der Waals surface area contributed by atoms with E-state index >= 15 is 0 Å². The molecule has 0 saturated carbocycles. The average Bonchev–Trinajstić information content (AvgIpc) is 2.42. The van der Waals surface area contributed by atoms with E-state index in [4.69, 9.17) is 17.4 Å². The second-order valence-corrected chi connectivity index (χ2v) is 4.17. The van der Waals surface area contributed by atoms with Crippen molar-refractivity contribution in [2.75, 3.05) is 10.7 Å². The van der Waals surface area contributed by atoms with Crippen LogP contribution in [-0.2, 0) is 0 Å². The van der Waals surface area contributed by atoms with Crippen molar-refractivity contribution in [3.8, 4) is 0 Å². The minimum absolute atomic E-state index is 0.141. The van der Waals surface area contributed by atoms with Gasteiger partial charge in [0.05, 0.1) is 28.2 Å². The second kappa shape index (κ2) is 5.81. The molecule has 0 bridgehead atoms. The fraction of sp³-hybridized carbons (Fsp3) is 0. The Hall–Kier alpha value is -2.25. The molecule has 5 nitrogen and oxygen atoms in total. The quantitative estimate of drug-likeness (QED) is 0.601. The molecular formula is C12H9ClF2N4O. The molecule has 1 aromatic heterocycles. The monoisotopic (exact) mass is 298 g/mol. The van der Waals surface area contributed by atoms with Gasteiger partial charge in [-0.2, -0.15) is 0 Å². The third-order valence-corrected chi connectivity index (χ3v) is 2.76. The van der Waals surface area contributed by atoms with Crippen LogP contribution in [0, 0.1) is 11.6 Å². The average molecular weight is 299 g/mol. The number of nitrogens with one attached hydrogen (secondary N) is 2. The molecule has 4 N–H and O–H groups in total. The number of nitrogens with two attached hydrogens (primary N) is 1. The topological polar surface area (TPSA) is 80.0 Å². The van der Waals surface area contributed by atoms with Gasteiger partial charge in [0, 0.05) is 12.3 Å². The molecule has 0 aliphatic carbocycles. The van der Waals surface area contributed by atoms with Gasteiger partial charge in [-0.1, -0.05) is 11.6 Å². The van der Waals surface area contributed by atoms with E-state index in [1.165, 1.54) is 18.5 Å². The Morgan fingerprint density at radius 3 is 2.75 bits per heavy atom. The Labute approximate surface area is 117 Å². The van der Waals surface area contributed by atoms with Crippen LogP contribution in [0.2, 0.25) is 5.02 Å². The summed E-state index contributed by atoms with van der Waals surface area (Å²) in [5, 5.41) is 2.02. The van der Waals surface area contributed by atoms with Crippen molar-refractivity contribution in [3.05, 3.63) is 52.8 Å². The molecule has 0 spiro atoms. The van der Waals surface area contributed by atoms with Crippen LogP contribution < -0.4 is 16.6 Å². The molecule has 1 heterocycles. The van der Waals surface area contributed by atoms with Crippen LogP contribution in [0.1, 0.15) is 10.4 Å². The molecule has 0 atom stereocenters. The zero-order valence-electron chi connectivity index (χ0n) is 9.95. The maximum absolute atomic E-state index is 13.6. The van der Waals surface area contributed by atoms with Crippen LogP contribution in [0.3, 0.4) is 0 Å². The van der Waals surface area contributed by atoms with Crippen molar-refractivity contribution in [2.24, 2.45) is 5.84 Å². The predicted molar refractivity (Wildman–Crippen MR) is 71.4 cm³/mol. The van der Waals surface area contributed by atoms with Gasteiger partial charge in [-0.05, 0) is 12.1 Å². The Balaban J connectivity index is 2.33. The minimum Gasteiger partial charge on any atom is -0.322 e. The zero-order chi connectivity index (χ0) is 14.7. The van der Waals surface area contributed by atoms with Crippen molar-refractivity contribution in [3.63, 3.8) is 0 Å². The van der Waals surface area contributed by atoms with E-state index < -0.39 is 17.5 Å². The Morgan fingerprint density at radius 1 is 1.35 bits per heavy atom. The van der Waals surface area contributed by atoms with Gasteiger partial charge in [0.2, 0.25) is 0 Å². The summed E-state index contributed by atoms with van der Waals surface area (Å²) in [5.41, 5.74) is 2.38. The van der Waals surface area contributed by atoms with Crippen LogP contribution >= 0.6 is 11.6 Å². The van der Waals surface area contributed by atoms with Gasteiger partial charge in [-0.15, -0.1) is 0 Å². The van der Waals surface area contributed by atoms with E-state index in [0.717, 1.165) is 6.07 Å². The van der Waals surface area contributed by atoms with E-state index in [1.54, 1.807) is 0 Å². The van der Waals surface area contributed by atoms with Gasteiger partial charge in [0.1, 0.15) is 5.82 Å². The number of carbonyl (C=O) groups is 1. The molecule has 0 radical (unpaired) electrons. The highest BCUT2D eigenvalue weighted by molar-refractivity contribution is 6.34. The molecule has 0 saturated heterocycles. The summed E-state index contributed by atoms with van der Waals surface area (Å²) >= 11 is 5.69. The maximum atomic E-state index is 13.6. The number of nitrogens with zero attached hydrogens (tertiary/aromatic N) is 1. The number of hydrazine groups is 1. The van der Waals surface area contributed by atoms with Crippen molar-refractivity contribution in [1.29, 1.82) is 0 Å². The Bertz CT molecular complexity index is 643. The standard InChI is InChI=1S/C12H9ClF2N4O/c13-8-3-6(14)4-9(15)11(8)18-12(20)7-1-2-17-5-10(7)19-16/h1-5,19H,16H2,(H,18,20). The van der Waals surface area contributed by atoms with Crippen LogP contribution in [0.15, 0.2) is 30.6 Å². The SMILES string of the molecule is NNc1cnccc1C(=O)Nc1c(F)cc(F)cc1Cl. The van der Waals surface area contributed by atoms with E-state index in [2.05, 4.69) is 15.7 Å². The summed E-state index contributed by atoms with van der Waals surface area (Å²) < 4.78 is 26.5. The largest absolute Gasteiger partial charge is 0.322 e. The number of anilines is 2.